The summed E-state index contributed by atoms with van der Waals surface area (Å²) in [6.45, 7) is -0.346. The lowest BCUT2D eigenvalue weighted by Gasteiger charge is -2.17. The number of rotatable bonds is 5. The van der Waals surface area contributed by atoms with Crippen LogP contribution >= 0.6 is 0 Å². The summed E-state index contributed by atoms with van der Waals surface area (Å²) in [6, 6.07) is 9.78. The first-order chi connectivity index (χ1) is 13.5. The van der Waals surface area contributed by atoms with Gasteiger partial charge >= 0.3 is 5.51 Å². The van der Waals surface area contributed by atoms with E-state index in [2.05, 4.69) is 11.2 Å². The molecule has 2 amide bonds. The summed E-state index contributed by atoms with van der Waals surface area (Å²) >= 11 is 0. The van der Waals surface area contributed by atoms with Crippen molar-refractivity contribution in [1.82, 2.24) is 4.90 Å². The Morgan fingerprint density at radius 1 is 1.14 bits per heavy atom. The molecule has 0 aliphatic heterocycles. The topological polar surface area (TPSA) is 83.6 Å². The van der Waals surface area contributed by atoms with E-state index in [0.717, 1.165) is 17.0 Å². The number of alkyl halides is 3. The second-order valence-corrected chi connectivity index (χ2v) is 7.85. The molecule has 10 heteroatoms. The summed E-state index contributed by atoms with van der Waals surface area (Å²) in [5.41, 5.74) is -4.52. The van der Waals surface area contributed by atoms with Gasteiger partial charge in [0.2, 0.25) is 5.91 Å². The van der Waals surface area contributed by atoms with Crippen LogP contribution in [0.1, 0.15) is 15.9 Å². The number of halogens is 3. The lowest BCUT2D eigenvalue weighted by atomic mass is 10.2. The Morgan fingerprint density at radius 3 is 2.31 bits per heavy atom. The predicted octanol–water partition coefficient (Wildman–Crippen LogP) is 2.67. The first-order valence-electron chi connectivity index (χ1n) is 7.99. The van der Waals surface area contributed by atoms with Crippen LogP contribution < -0.4 is 5.32 Å². The number of anilines is 1. The number of hydrogen-bond donors (Lipinski definition) is 1. The normalized spacial score (nSPS) is 11.4. The number of nitrogens with one attached hydrogen (secondary N) is 1. The second-order valence-electron chi connectivity index (χ2n) is 5.91. The van der Waals surface area contributed by atoms with Crippen molar-refractivity contribution in [2.45, 2.75) is 10.4 Å². The molecule has 0 saturated heterocycles. The Kier molecular flexibility index (Phi) is 6.34. The van der Waals surface area contributed by atoms with E-state index in [1.807, 2.05) is 0 Å². The Morgan fingerprint density at radius 2 is 1.76 bits per heavy atom. The van der Waals surface area contributed by atoms with Crippen molar-refractivity contribution in [3.8, 4) is 12.3 Å². The standard InChI is InChI=1S/C19H15F3N2O4S/c1-3-13-5-4-6-15(11-13)23-17(25)12-24(2)18(26)14-7-9-16(10-8-14)29(27,28)19(20,21)22/h1,4-11H,12H2,2H3,(H,23,25). The summed E-state index contributed by atoms with van der Waals surface area (Å²) in [5, 5.41) is 2.57. The van der Waals surface area contributed by atoms with E-state index in [0.29, 0.717) is 23.4 Å². The molecule has 1 N–H and O–H groups in total. The first-order valence-corrected chi connectivity index (χ1v) is 9.47. The number of nitrogens with zero attached hydrogens (tertiary/aromatic N) is 1. The summed E-state index contributed by atoms with van der Waals surface area (Å²) in [6.07, 6.45) is 5.28. The van der Waals surface area contributed by atoms with Crippen LogP contribution in [-0.2, 0) is 14.6 Å². The van der Waals surface area contributed by atoms with Gasteiger partial charge in [-0.05, 0) is 42.5 Å². The number of benzene rings is 2. The minimum absolute atomic E-state index is 0.0734. The lowest BCUT2D eigenvalue weighted by molar-refractivity contribution is -0.116. The van der Waals surface area contributed by atoms with Crippen molar-refractivity contribution in [2.24, 2.45) is 0 Å². The number of carbonyl (C=O) groups is 2. The van der Waals surface area contributed by atoms with Gasteiger partial charge in [-0.25, -0.2) is 8.42 Å². The maximum absolute atomic E-state index is 12.6. The molecule has 2 aromatic rings. The number of amides is 2. The molecule has 0 aliphatic carbocycles. The van der Waals surface area contributed by atoms with Crippen LogP contribution in [0.25, 0.3) is 0 Å². The fourth-order valence-corrected chi connectivity index (χ4v) is 3.07. The molecule has 2 rings (SSSR count). The molecular weight excluding hydrogens is 409 g/mol. The zero-order chi connectivity index (χ0) is 21.8. The van der Waals surface area contributed by atoms with E-state index in [1.54, 1.807) is 24.3 Å². The molecule has 0 atom stereocenters. The zero-order valence-corrected chi connectivity index (χ0v) is 15.8. The summed E-state index contributed by atoms with van der Waals surface area (Å²) < 4.78 is 60.4. The fraction of sp³-hybridized carbons (Fsp3) is 0.158. The van der Waals surface area contributed by atoms with Gasteiger partial charge in [0.05, 0.1) is 11.4 Å². The Balaban J connectivity index is 2.06. The average Bonchev–Trinajstić information content (AvgIpc) is 2.66. The van der Waals surface area contributed by atoms with E-state index in [9.17, 15) is 31.2 Å². The molecule has 6 nitrogen and oxygen atoms in total. The number of likely N-dealkylation sites (N-methyl/N-ethyl adjacent to an activating group) is 1. The van der Waals surface area contributed by atoms with Gasteiger partial charge in [-0.2, -0.15) is 13.2 Å². The quantitative estimate of drug-likeness (QED) is 0.749. The first kappa shape index (κ1) is 22.0. The minimum Gasteiger partial charge on any atom is -0.332 e. The van der Waals surface area contributed by atoms with Gasteiger partial charge in [-0.3, -0.25) is 9.59 Å². The second kappa shape index (κ2) is 8.36. The van der Waals surface area contributed by atoms with Gasteiger partial charge in [0.15, 0.2) is 0 Å². The highest BCUT2D eigenvalue weighted by Crippen LogP contribution is 2.30. The van der Waals surface area contributed by atoms with Crippen LogP contribution in [-0.4, -0.2) is 44.2 Å². The Bertz CT molecular complexity index is 1070. The number of sulfone groups is 1. The smallest absolute Gasteiger partial charge is 0.332 e. The van der Waals surface area contributed by atoms with Gasteiger partial charge < -0.3 is 10.2 Å². The molecule has 0 bridgehead atoms. The van der Waals surface area contributed by atoms with E-state index >= 15 is 0 Å². The SMILES string of the molecule is C#Cc1cccc(NC(=O)CN(C)C(=O)c2ccc(S(=O)(=O)C(F)(F)F)cc2)c1. The van der Waals surface area contributed by atoms with Crippen LogP contribution in [0, 0.1) is 12.3 Å². The summed E-state index contributed by atoms with van der Waals surface area (Å²) in [4.78, 5) is 24.5. The Hall–Kier alpha value is -3.32. The molecule has 152 valence electrons. The monoisotopic (exact) mass is 424 g/mol. The highest BCUT2D eigenvalue weighted by atomic mass is 32.2. The molecule has 0 heterocycles. The molecule has 29 heavy (non-hydrogen) atoms. The van der Waals surface area contributed by atoms with E-state index in [1.165, 1.54) is 7.05 Å². The minimum atomic E-state index is -5.50. The average molecular weight is 424 g/mol. The van der Waals surface area contributed by atoms with Crippen LogP contribution in [0.4, 0.5) is 18.9 Å². The zero-order valence-electron chi connectivity index (χ0n) is 15.0. The highest BCUT2D eigenvalue weighted by molar-refractivity contribution is 7.92. The van der Waals surface area contributed by atoms with Crippen LogP contribution in [0.5, 0.6) is 0 Å². The molecule has 0 aliphatic rings. The van der Waals surface area contributed by atoms with E-state index < -0.39 is 32.1 Å². The van der Waals surface area contributed by atoms with Gasteiger partial charge in [0.1, 0.15) is 0 Å². The van der Waals surface area contributed by atoms with Gasteiger partial charge in [-0.15, -0.1) is 6.42 Å². The molecule has 0 fully saturated rings. The maximum Gasteiger partial charge on any atom is 0.501 e. The highest BCUT2D eigenvalue weighted by Gasteiger charge is 2.46. The molecule has 0 unspecified atom stereocenters. The van der Waals surface area contributed by atoms with Crippen molar-refractivity contribution in [2.75, 3.05) is 18.9 Å². The van der Waals surface area contributed by atoms with E-state index in [-0.39, 0.29) is 12.1 Å². The van der Waals surface area contributed by atoms with Crippen molar-refractivity contribution in [3.05, 3.63) is 59.7 Å². The molecule has 2 aromatic carbocycles. The fourth-order valence-electron chi connectivity index (χ4n) is 2.31. The van der Waals surface area contributed by atoms with Crippen molar-refractivity contribution in [3.63, 3.8) is 0 Å². The summed E-state index contributed by atoms with van der Waals surface area (Å²) in [5.74, 6) is 1.22. The molecule has 0 spiro atoms. The Labute approximate surface area is 165 Å². The molecule has 0 radical (unpaired) electrons. The molecule has 0 saturated carbocycles. The third-order valence-electron chi connectivity index (χ3n) is 3.76. The number of terminal acetylenes is 1. The largest absolute Gasteiger partial charge is 0.501 e. The third kappa shape index (κ3) is 5.14. The maximum atomic E-state index is 12.6. The van der Waals surface area contributed by atoms with Gasteiger partial charge in [-0.1, -0.05) is 12.0 Å². The lowest BCUT2D eigenvalue weighted by Crippen LogP contribution is -2.35. The third-order valence-corrected chi connectivity index (χ3v) is 5.26. The van der Waals surface area contributed by atoms with Gasteiger partial charge in [0, 0.05) is 23.9 Å². The van der Waals surface area contributed by atoms with E-state index in [4.69, 9.17) is 6.42 Å². The predicted molar refractivity (Wildman–Crippen MR) is 99.7 cm³/mol. The van der Waals surface area contributed by atoms with Crippen molar-refractivity contribution < 1.29 is 31.2 Å². The van der Waals surface area contributed by atoms with Crippen LogP contribution in [0.15, 0.2) is 53.4 Å². The van der Waals surface area contributed by atoms with Crippen LogP contribution in [0.2, 0.25) is 0 Å². The van der Waals surface area contributed by atoms with Crippen molar-refractivity contribution in [1.29, 1.82) is 0 Å². The number of hydrogen-bond acceptors (Lipinski definition) is 4. The summed E-state index contributed by atoms with van der Waals surface area (Å²) in [7, 11) is -4.18. The number of carbonyl (C=O) groups excluding carboxylic acids is 2. The molecule has 0 aromatic heterocycles. The van der Waals surface area contributed by atoms with Crippen LogP contribution in [0.3, 0.4) is 0 Å². The van der Waals surface area contributed by atoms with Crippen molar-refractivity contribution >= 4 is 27.3 Å². The molecular formula is C19H15F3N2O4S. The van der Waals surface area contributed by atoms with Gasteiger partial charge in [0.25, 0.3) is 15.7 Å².